The molecular weight excluding hydrogens is 271 g/mol. The van der Waals surface area contributed by atoms with E-state index >= 15 is 0 Å². The molecule has 0 aliphatic carbocycles. The number of hydrogen-bond acceptors (Lipinski definition) is 5. The van der Waals surface area contributed by atoms with E-state index in [2.05, 4.69) is 0 Å². The lowest BCUT2D eigenvalue weighted by Gasteiger charge is -2.32. The van der Waals surface area contributed by atoms with Crippen LogP contribution in [-0.4, -0.2) is 43.8 Å². The summed E-state index contributed by atoms with van der Waals surface area (Å²) in [5, 5.41) is 9.85. The fraction of sp³-hybridized carbons (Fsp3) is 0.600. The van der Waals surface area contributed by atoms with Crippen LogP contribution in [0.4, 0.5) is 0 Å². The molecule has 2 rings (SSSR count). The summed E-state index contributed by atoms with van der Waals surface area (Å²) < 4.78 is 22.4. The third kappa shape index (κ3) is 3.51. The lowest BCUT2D eigenvalue weighted by atomic mass is 9.79. The van der Waals surface area contributed by atoms with Crippen molar-refractivity contribution in [2.75, 3.05) is 20.3 Å². The second-order valence-electron chi connectivity index (χ2n) is 6.19. The fourth-order valence-corrected chi connectivity index (χ4v) is 2.05. The van der Waals surface area contributed by atoms with Gasteiger partial charge in [-0.05, 0) is 45.3 Å². The third-order valence-corrected chi connectivity index (χ3v) is 4.00. The molecule has 0 aromatic heterocycles. The Bertz CT molecular complexity index is 485. The van der Waals surface area contributed by atoms with Crippen LogP contribution in [0.1, 0.15) is 27.7 Å². The van der Waals surface area contributed by atoms with Crippen LogP contribution in [0.5, 0.6) is 11.5 Å². The number of hydrogen-bond donors (Lipinski definition) is 1. The molecule has 1 aromatic carbocycles. The minimum absolute atomic E-state index is 0.120. The minimum atomic E-state index is -0.521. The Morgan fingerprint density at radius 3 is 2.24 bits per heavy atom. The molecule has 0 unspecified atom stereocenters. The maximum atomic E-state index is 9.85. The summed E-state index contributed by atoms with van der Waals surface area (Å²) >= 11 is 0. The average Bonchev–Trinajstić information content (AvgIpc) is 2.58. The Balaban J connectivity index is 2.17. The monoisotopic (exact) mass is 294 g/mol. The van der Waals surface area contributed by atoms with Crippen molar-refractivity contribution >= 4 is 12.6 Å². The predicted octanol–water partition coefficient (Wildman–Crippen LogP) is 1.72. The van der Waals surface area contributed by atoms with E-state index in [9.17, 15) is 5.11 Å². The van der Waals surface area contributed by atoms with Crippen molar-refractivity contribution in [2.45, 2.75) is 38.9 Å². The lowest BCUT2D eigenvalue weighted by molar-refractivity contribution is 0.00578. The fourth-order valence-electron chi connectivity index (χ4n) is 2.05. The Morgan fingerprint density at radius 1 is 1.05 bits per heavy atom. The summed E-state index contributed by atoms with van der Waals surface area (Å²) in [6.07, 6.45) is 0. The molecule has 1 saturated heterocycles. The molecule has 1 N–H and O–H groups in total. The molecule has 6 heteroatoms. The zero-order chi connectivity index (χ0) is 15.7. The number of rotatable bonds is 5. The van der Waals surface area contributed by atoms with Gasteiger partial charge in [0.25, 0.3) is 0 Å². The predicted molar refractivity (Wildman–Crippen MR) is 81.2 cm³/mol. The van der Waals surface area contributed by atoms with E-state index in [1.54, 1.807) is 19.2 Å². The molecule has 116 valence electrons. The van der Waals surface area contributed by atoms with Gasteiger partial charge in [-0.25, -0.2) is 0 Å². The van der Waals surface area contributed by atoms with E-state index in [4.69, 9.17) is 18.8 Å². The van der Waals surface area contributed by atoms with Crippen LogP contribution in [-0.2, 0) is 14.0 Å². The zero-order valence-electron chi connectivity index (χ0n) is 13.3. The highest BCUT2D eigenvalue weighted by Gasteiger charge is 2.51. The first-order valence-electron chi connectivity index (χ1n) is 7.06. The van der Waals surface area contributed by atoms with Crippen LogP contribution >= 0.6 is 0 Å². The molecular formula is C15H23BO5. The molecule has 0 radical (unpaired) electrons. The SMILES string of the molecule is COCCOc1cc(O)cc(B2OC(C)(C)C(C)(C)O2)c1. The Morgan fingerprint density at radius 2 is 1.67 bits per heavy atom. The Hall–Kier alpha value is -1.24. The van der Waals surface area contributed by atoms with Crippen molar-refractivity contribution in [1.82, 2.24) is 0 Å². The summed E-state index contributed by atoms with van der Waals surface area (Å²) in [5.74, 6) is 0.686. The molecule has 1 aliphatic heterocycles. The Labute approximate surface area is 126 Å². The van der Waals surface area contributed by atoms with Gasteiger partial charge in [0.05, 0.1) is 17.8 Å². The van der Waals surface area contributed by atoms with Crippen molar-refractivity contribution < 1.29 is 23.9 Å². The number of phenolic OH excluding ortho intramolecular Hbond substituents is 1. The van der Waals surface area contributed by atoms with Crippen molar-refractivity contribution in [3.63, 3.8) is 0 Å². The van der Waals surface area contributed by atoms with E-state index < -0.39 is 18.3 Å². The molecule has 0 bridgehead atoms. The number of benzene rings is 1. The second-order valence-corrected chi connectivity index (χ2v) is 6.19. The first-order valence-corrected chi connectivity index (χ1v) is 7.06. The summed E-state index contributed by atoms with van der Waals surface area (Å²) in [4.78, 5) is 0. The van der Waals surface area contributed by atoms with Gasteiger partial charge in [-0.2, -0.15) is 0 Å². The zero-order valence-corrected chi connectivity index (χ0v) is 13.3. The molecule has 0 saturated carbocycles. The average molecular weight is 294 g/mol. The largest absolute Gasteiger partial charge is 0.508 e. The van der Waals surface area contributed by atoms with Gasteiger partial charge in [0.2, 0.25) is 0 Å². The maximum Gasteiger partial charge on any atom is 0.495 e. The quantitative estimate of drug-likeness (QED) is 0.662. The van der Waals surface area contributed by atoms with Gasteiger partial charge < -0.3 is 23.9 Å². The normalized spacial score (nSPS) is 19.8. The molecule has 0 spiro atoms. The van der Waals surface area contributed by atoms with E-state index in [-0.39, 0.29) is 5.75 Å². The van der Waals surface area contributed by atoms with Crippen LogP contribution in [0, 0.1) is 0 Å². The Kier molecular flexibility index (Phi) is 4.51. The highest BCUT2D eigenvalue weighted by molar-refractivity contribution is 6.62. The van der Waals surface area contributed by atoms with Gasteiger partial charge in [-0.1, -0.05) is 0 Å². The summed E-state index contributed by atoms with van der Waals surface area (Å²) in [7, 11) is 1.09. The molecule has 1 fully saturated rings. The van der Waals surface area contributed by atoms with Gasteiger partial charge in [0.15, 0.2) is 0 Å². The topological polar surface area (TPSA) is 57.2 Å². The van der Waals surface area contributed by atoms with Crippen LogP contribution in [0.25, 0.3) is 0 Å². The molecule has 1 heterocycles. The van der Waals surface area contributed by atoms with Gasteiger partial charge >= 0.3 is 7.12 Å². The van der Waals surface area contributed by atoms with E-state index in [0.717, 1.165) is 5.46 Å². The molecule has 5 nitrogen and oxygen atoms in total. The molecule has 1 aromatic rings. The number of methoxy groups -OCH3 is 1. The summed E-state index contributed by atoms with van der Waals surface area (Å²) in [6.45, 7) is 8.87. The van der Waals surface area contributed by atoms with Crippen LogP contribution < -0.4 is 10.2 Å². The maximum absolute atomic E-state index is 9.85. The van der Waals surface area contributed by atoms with E-state index in [1.165, 1.54) is 0 Å². The van der Waals surface area contributed by atoms with Crippen molar-refractivity contribution in [3.8, 4) is 11.5 Å². The first kappa shape index (κ1) is 16.1. The highest BCUT2D eigenvalue weighted by atomic mass is 16.7. The molecule has 1 aliphatic rings. The van der Waals surface area contributed by atoms with Gasteiger partial charge in [0.1, 0.15) is 18.1 Å². The first-order chi connectivity index (χ1) is 9.75. The third-order valence-electron chi connectivity index (χ3n) is 4.00. The van der Waals surface area contributed by atoms with Gasteiger partial charge in [0, 0.05) is 13.2 Å². The van der Waals surface area contributed by atoms with Crippen molar-refractivity contribution in [3.05, 3.63) is 18.2 Å². The van der Waals surface area contributed by atoms with Crippen LogP contribution in [0.3, 0.4) is 0 Å². The number of phenols is 1. The highest BCUT2D eigenvalue weighted by Crippen LogP contribution is 2.36. The van der Waals surface area contributed by atoms with E-state index in [1.807, 2.05) is 33.8 Å². The van der Waals surface area contributed by atoms with Gasteiger partial charge in [-0.15, -0.1) is 0 Å². The van der Waals surface area contributed by atoms with Gasteiger partial charge in [-0.3, -0.25) is 0 Å². The lowest BCUT2D eigenvalue weighted by Crippen LogP contribution is -2.41. The molecule has 0 atom stereocenters. The van der Waals surface area contributed by atoms with Crippen molar-refractivity contribution in [1.29, 1.82) is 0 Å². The van der Waals surface area contributed by atoms with Crippen molar-refractivity contribution in [2.24, 2.45) is 0 Å². The molecule has 21 heavy (non-hydrogen) atoms. The van der Waals surface area contributed by atoms with Crippen LogP contribution in [0.15, 0.2) is 18.2 Å². The molecule has 0 amide bonds. The van der Waals surface area contributed by atoms with Crippen LogP contribution in [0.2, 0.25) is 0 Å². The number of aromatic hydroxyl groups is 1. The number of ether oxygens (including phenoxy) is 2. The standard InChI is InChI=1S/C15H23BO5/c1-14(2)15(3,4)21-16(20-14)11-8-12(17)10-13(9-11)19-7-6-18-5/h8-10,17H,6-7H2,1-5H3. The smallest absolute Gasteiger partial charge is 0.495 e. The summed E-state index contributed by atoms with van der Waals surface area (Å²) in [6, 6.07) is 5.01. The second kappa shape index (κ2) is 5.87. The van der Waals surface area contributed by atoms with E-state index in [0.29, 0.717) is 19.0 Å². The minimum Gasteiger partial charge on any atom is -0.508 e. The summed E-state index contributed by atoms with van der Waals surface area (Å²) in [5.41, 5.74) is -0.0958.